The fourth-order valence-corrected chi connectivity index (χ4v) is 3.03. The minimum atomic E-state index is 0. The van der Waals surface area contributed by atoms with Crippen molar-refractivity contribution in [3.8, 4) is 6.07 Å². The Morgan fingerprint density at radius 2 is 1.93 bits per heavy atom. The number of aliphatic imine (C=N–C) groups is 1. The fourth-order valence-electron chi connectivity index (χ4n) is 3.03. The molecule has 28 heavy (non-hydrogen) atoms. The standard InChI is InChI=1S/C20H30N6O.HI/c1-3-10-23-19(27)15-26-11-8-18(9-12-26)25-20(22-2)24-14-17-6-4-16(13-21)5-7-17;/h4-7,18H,3,8-12,14-15H2,1-2H3,(H,23,27)(H2,22,24,25);1H. The molecule has 1 heterocycles. The van der Waals surface area contributed by atoms with E-state index in [4.69, 9.17) is 5.26 Å². The highest BCUT2D eigenvalue weighted by Crippen LogP contribution is 2.10. The Kier molecular flexibility index (Phi) is 11.5. The summed E-state index contributed by atoms with van der Waals surface area (Å²) in [5, 5.41) is 18.6. The van der Waals surface area contributed by atoms with Gasteiger partial charge in [-0.3, -0.25) is 14.7 Å². The molecule has 154 valence electrons. The van der Waals surface area contributed by atoms with Gasteiger partial charge < -0.3 is 16.0 Å². The second kappa shape index (κ2) is 13.3. The summed E-state index contributed by atoms with van der Waals surface area (Å²) >= 11 is 0. The third kappa shape index (κ3) is 8.44. The van der Waals surface area contributed by atoms with Gasteiger partial charge in [0, 0.05) is 39.3 Å². The highest BCUT2D eigenvalue weighted by Gasteiger charge is 2.21. The molecular formula is C20H31IN6O. The Bertz CT molecular complexity index is 662. The van der Waals surface area contributed by atoms with Crippen molar-refractivity contribution in [2.24, 2.45) is 4.99 Å². The molecule has 0 bridgehead atoms. The number of nitriles is 1. The van der Waals surface area contributed by atoms with Crippen molar-refractivity contribution in [1.82, 2.24) is 20.9 Å². The Morgan fingerprint density at radius 1 is 1.25 bits per heavy atom. The highest BCUT2D eigenvalue weighted by molar-refractivity contribution is 14.0. The lowest BCUT2D eigenvalue weighted by Gasteiger charge is -2.32. The molecule has 1 aromatic carbocycles. The Morgan fingerprint density at radius 3 is 2.50 bits per heavy atom. The van der Waals surface area contributed by atoms with Gasteiger partial charge in [0.05, 0.1) is 18.2 Å². The maximum absolute atomic E-state index is 11.8. The molecule has 1 fully saturated rings. The number of piperidine rings is 1. The number of nitrogens with one attached hydrogen (secondary N) is 3. The molecule has 0 aliphatic carbocycles. The number of carbonyl (C=O) groups excluding carboxylic acids is 1. The molecule has 7 nitrogen and oxygen atoms in total. The van der Waals surface area contributed by atoms with Crippen LogP contribution in [0.15, 0.2) is 29.3 Å². The summed E-state index contributed by atoms with van der Waals surface area (Å²) in [5.74, 6) is 0.890. The molecule has 0 saturated carbocycles. The minimum absolute atomic E-state index is 0. The van der Waals surface area contributed by atoms with Crippen molar-refractivity contribution in [2.75, 3.05) is 33.2 Å². The third-order valence-electron chi connectivity index (χ3n) is 4.63. The average molecular weight is 498 g/mol. The largest absolute Gasteiger partial charge is 0.355 e. The Hall–Kier alpha value is -1.86. The van der Waals surface area contributed by atoms with Gasteiger partial charge in [0.15, 0.2) is 5.96 Å². The molecule has 1 aliphatic rings. The topological polar surface area (TPSA) is 92.6 Å². The van der Waals surface area contributed by atoms with Crippen LogP contribution in [0.4, 0.5) is 0 Å². The van der Waals surface area contributed by atoms with E-state index in [9.17, 15) is 4.79 Å². The van der Waals surface area contributed by atoms with Crippen molar-refractivity contribution in [3.63, 3.8) is 0 Å². The molecular weight excluding hydrogens is 467 g/mol. The van der Waals surface area contributed by atoms with Crippen molar-refractivity contribution < 1.29 is 4.79 Å². The SMILES string of the molecule is CCCNC(=O)CN1CCC(NC(=NC)NCc2ccc(C#N)cc2)CC1.I. The molecule has 1 amide bonds. The van der Waals surface area contributed by atoms with Crippen LogP contribution in [0.25, 0.3) is 0 Å². The number of nitrogens with zero attached hydrogens (tertiary/aromatic N) is 3. The van der Waals surface area contributed by atoms with Crippen LogP contribution in [-0.2, 0) is 11.3 Å². The number of hydrogen-bond donors (Lipinski definition) is 3. The maximum Gasteiger partial charge on any atom is 0.234 e. The summed E-state index contributed by atoms with van der Waals surface area (Å²) in [4.78, 5) is 18.3. The lowest BCUT2D eigenvalue weighted by atomic mass is 10.1. The van der Waals surface area contributed by atoms with E-state index in [1.54, 1.807) is 7.05 Å². The second-order valence-electron chi connectivity index (χ2n) is 6.78. The van der Waals surface area contributed by atoms with Crippen molar-refractivity contribution in [1.29, 1.82) is 5.26 Å². The van der Waals surface area contributed by atoms with E-state index in [2.05, 4.69) is 38.8 Å². The van der Waals surface area contributed by atoms with Gasteiger partial charge in [-0.25, -0.2) is 0 Å². The Balaban J connectivity index is 0.00000392. The van der Waals surface area contributed by atoms with Gasteiger partial charge in [0.1, 0.15) is 0 Å². The van der Waals surface area contributed by atoms with Gasteiger partial charge in [-0.2, -0.15) is 5.26 Å². The molecule has 1 aliphatic heterocycles. The van der Waals surface area contributed by atoms with Crippen LogP contribution in [0.3, 0.4) is 0 Å². The molecule has 8 heteroatoms. The monoisotopic (exact) mass is 498 g/mol. The summed E-state index contributed by atoms with van der Waals surface area (Å²) in [7, 11) is 1.77. The van der Waals surface area contributed by atoms with Gasteiger partial charge >= 0.3 is 0 Å². The lowest BCUT2D eigenvalue weighted by molar-refractivity contribution is -0.122. The van der Waals surface area contributed by atoms with Gasteiger partial charge in [0.2, 0.25) is 5.91 Å². The summed E-state index contributed by atoms with van der Waals surface area (Å²) in [5.41, 5.74) is 1.77. The predicted molar refractivity (Wildman–Crippen MR) is 123 cm³/mol. The molecule has 0 aromatic heterocycles. The first-order valence-electron chi connectivity index (χ1n) is 9.60. The summed E-state index contributed by atoms with van der Waals surface area (Å²) in [6, 6.07) is 10.0. The number of amides is 1. The van der Waals surface area contributed by atoms with Crippen molar-refractivity contribution in [2.45, 2.75) is 38.8 Å². The summed E-state index contributed by atoms with van der Waals surface area (Å²) in [6.45, 7) is 5.76. The van der Waals surface area contributed by atoms with E-state index in [0.717, 1.165) is 50.4 Å². The number of guanidine groups is 1. The second-order valence-corrected chi connectivity index (χ2v) is 6.78. The molecule has 0 radical (unpaired) electrons. The van der Waals surface area contributed by atoms with Crippen LogP contribution in [0, 0.1) is 11.3 Å². The van der Waals surface area contributed by atoms with Crippen molar-refractivity contribution >= 4 is 35.8 Å². The van der Waals surface area contributed by atoms with Crippen LogP contribution in [0.5, 0.6) is 0 Å². The average Bonchev–Trinajstić information content (AvgIpc) is 2.71. The molecule has 0 unspecified atom stereocenters. The number of hydrogen-bond acceptors (Lipinski definition) is 4. The molecule has 3 N–H and O–H groups in total. The first kappa shape index (κ1) is 24.2. The third-order valence-corrected chi connectivity index (χ3v) is 4.63. The number of benzene rings is 1. The molecule has 0 spiro atoms. The van der Waals surface area contributed by atoms with E-state index < -0.39 is 0 Å². The van der Waals surface area contributed by atoms with Gasteiger partial charge in [0.25, 0.3) is 0 Å². The van der Waals surface area contributed by atoms with E-state index in [1.807, 2.05) is 24.3 Å². The van der Waals surface area contributed by atoms with Gasteiger partial charge in [-0.1, -0.05) is 19.1 Å². The summed E-state index contributed by atoms with van der Waals surface area (Å²) in [6.07, 6.45) is 2.93. The summed E-state index contributed by atoms with van der Waals surface area (Å²) < 4.78 is 0. The van der Waals surface area contributed by atoms with E-state index in [-0.39, 0.29) is 29.9 Å². The normalized spacial score (nSPS) is 15.2. The number of rotatable bonds is 7. The van der Waals surface area contributed by atoms with Crippen LogP contribution >= 0.6 is 24.0 Å². The molecule has 0 atom stereocenters. The quantitative estimate of drug-likeness (QED) is 0.303. The number of carbonyl (C=O) groups is 1. The van der Waals surface area contributed by atoms with Crippen molar-refractivity contribution in [3.05, 3.63) is 35.4 Å². The van der Waals surface area contributed by atoms with E-state index in [1.165, 1.54) is 0 Å². The minimum Gasteiger partial charge on any atom is -0.355 e. The lowest BCUT2D eigenvalue weighted by Crippen LogP contribution is -2.50. The zero-order valence-corrected chi connectivity index (χ0v) is 19.0. The molecule has 1 saturated heterocycles. The number of likely N-dealkylation sites (tertiary alicyclic amines) is 1. The van der Waals surface area contributed by atoms with E-state index in [0.29, 0.717) is 24.7 Å². The smallest absolute Gasteiger partial charge is 0.234 e. The predicted octanol–water partition coefficient (Wildman–Crippen LogP) is 1.83. The highest BCUT2D eigenvalue weighted by atomic mass is 127. The first-order valence-corrected chi connectivity index (χ1v) is 9.60. The number of halogens is 1. The van der Waals surface area contributed by atoms with Crippen LogP contribution in [0.1, 0.15) is 37.3 Å². The van der Waals surface area contributed by atoms with Gasteiger partial charge in [-0.15, -0.1) is 24.0 Å². The van der Waals surface area contributed by atoms with Crippen LogP contribution in [-0.4, -0.2) is 56.0 Å². The van der Waals surface area contributed by atoms with Crippen LogP contribution in [0.2, 0.25) is 0 Å². The fraction of sp³-hybridized carbons (Fsp3) is 0.550. The maximum atomic E-state index is 11.8. The first-order chi connectivity index (χ1) is 13.1. The van der Waals surface area contributed by atoms with Gasteiger partial charge in [-0.05, 0) is 37.0 Å². The molecule has 1 aromatic rings. The van der Waals surface area contributed by atoms with E-state index >= 15 is 0 Å². The zero-order valence-electron chi connectivity index (χ0n) is 16.7. The van der Waals surface area contributed by atoms with Crippen LogP contribution < -0.4 is 16.0 Å². The molecule has 2 rings (SSSR count). The Labute approximate surface area is 185 Å². The zero-order chi connectivity index (χ0) is 19.5.